The van der Waals surface area contributed by atoms with Crippen molar-refractivity contribution in [3.05, 3.63) is 47.3 Å². The summed E-state index contributed by atoms with van der Waals surface area (Å²) in [6.45, 7) is 0.508. The minimum Gasteiger partial charge on any atom is -0.489 e. The summed E-state index contributed by atoms with van der Waals surface area (Å²) in [5.41, 5.74) is 4.00. The van der Waals surface area contributed by atoms with Gasteiger partial charge in [0, 0.05) is 24.4 Å². The molecule has 0 bridgehead atoms. The van der Waals surface area contributed by atoms with Gasteiger partial charge < -0.3 is 9.94 Å². The molecule has 1 heterocycles. The first-order valence-corrected chi connectivity index (χ1v) is 6.21. The predicted octanol–water partition coefficient (Wildman–Crippen LogP) is 2.12. The molecule has 0 atom stereocenters. The van der Waals surface area contributed by atoms with Crippen LogP contribution in [0.3, 0.4) is 0 Å². The van der Waals surface area contributed by atoms with Crippen molar-refractivity contribution in [2.75, 3.05) is 0 Å². The maximum atomic E-state index is 8.88. The molecule has 0 saturated heterocycles. The molecule has 1 aliphatic carbocycles. The number of fused-ring (bicyclic) bond motifs is 1. The van der Waals surface area contributed by atoms with E-state index in [1.54, 1.807) is 10.9 Å². The highest BCUT2D eigenvalue weighted by atomic mass is 16.5. The average Bonchev–Trinajstić information content (AvgIpc) is 3.01. The number of ether oxygens (including phenoxy) is 1. The van der Waals surface area contributed by atoms with E-state index in [9.17, 15) is 0 Å². The molecule has 98 valence electrons. The highest BCUT2D eigenvalue weighted by molar-refractivity contribution is 6.04. The molecule has 1 N–H and O–H groups in total. The number of hydrogen-bond acceptors (Lipinski definition) is 4. The Hall–Kier alpha value is -2.30. The van der Waals surface area contributed by atoms with Gasteiger partial charge in [0.1, 0.15) is 12.4 Å². The van der Waals surface area contributed by atoms with Crippen LogP contribution in [0.1, 0.15) is 23.1 Å². The molecule has 0 fully saturated rings. The summed E-state index contributed by atoms with van der Waals surface area (Å²) in [4.78, 5) is 0. The summed E-state index contributed by atoms with van der Waals surface area (Å²) >= 11 is 0. The number of rotatable bonds is 3. The van der Waals surface area contributed by atoms with E-state index < -0.39 is 0 Å². The maximum absolute atomic E-state index is 8.88. The Morgan fingerprint density at radius 2 is 2.32 bits per heavy atom. The molecule has 0 unspecified atom stereocenters. The van der Waals surface area contributed by atoms with Crippen LogP contribution in [0.5, 0.6) is 5.75 Å². The molecule has 5 nitrogen and oxygen atoms in total. The molecule has 1 aliphatic rings. The van der Waals surface area contributed by atoms with E-state index in [0.717, 1.165) is 35.4 Å². The Morgan fingerprint density at radius 1 is 1.42 bits per heavy atom. The van der Waals surface area contributed by atoms with Gasteiger partial charge in [-0.1, -0.05) is 5.16 Å². The van der Waals surface area contributed by atoms with E-state index in [-0.39, 0.29) is 0 Å². The van der Waals surface area contributed by atoms with Crippen molar-refractivity contribution in [3.63, 3.8) is 0 Å². The number of hydrogen-bond donors (Lipinski definition) is 1. The fourth-order valence-electron chi connectivity index (χ4n) is 2.35. The molecular weight excluding hydrogens is 242 g/mol. The first kappa shape index (κ1) is 11.8. The second-order valence-corrected chi connectivity index (χ2v) is 4.68. The Morgan fingerprint density at radius 3 is 3.05 bits per heavy atom. The first-order valence-electron chi connectivity index (χ1n) is 6.21. The minimum atomic E-state index is 0.508. The lowest BCUT2D eigenvalue weighted by molar-refractivity contribution is 0.306. The number of nitrogens with zero attached hydrogens (tertiary/aromatic N) is 3. The predicted molar refractivity (Wildman–Crippen MR) is 70.6 cm³/mol. The topological polar surface area (TPSA) is 59.6 Å². The summed E-state index contributed by atoms with van der Waals surface area (Å²) in [5.74, 6) is 0.835. The molecule has 2 aromatic rings. The SMILES string of the molecule is Cn1cc(COc2ccc3c(c2)CC/C3=N\O)cn1. The third kappa shape index (κ3) is 2.31. The number of aryl methyl sites for hydroxylation is 2. The normalized spacial score (nSPS) is 15.7. The summed E-state index contributed by atoms with van der Waals surface area (Å²) in [6, 6.07) is 5.88. The van der Waals surface area contributed by atoms with Gasteiger partial charge in [-0.25, -0.2) is 0 Å². The molecule has 0 spiro atoms. The van der Waals surface area contributed by atoms with Crippen LogP contribution in [0.15, 0.2) is 35.7 Å². The number of aromatic nitrogens is 2. The molecule has 0 saturated carbocycles. The van der Waals surface area contributed by atoms with Crippen molar-refractivity contribution in [2.24, 2.45) is 12.2 Å². The van der Waals surface area contributed by atoms with Gasteiger partial charge in [-0.2, -0.15) is 5.10 Å². The monoisotopic (exact) mass is 257 g/mol. The van der Waals surface area contributed by atoms with E-state index in [4.69, 9.17) is 9.94 Å². The van der Waals surface area contributed by atoms with Crippen molar-refractivity contribution in [1.29, 1.82) is 0 Å². The van der Waals surface area contributed by atoms with Crippen molar-refractivity contribution in [1.82, 2.24) is 9.78 Å². The van der Waals surface area contributed by atoms with Crippen LogP contribution in [-0.4, -0.2) is 20.7 Å². The van der Waals surface area contributed by atoms with E-state index in [2.05, 4.69) is 10.3 Å². The summed E-state index contributed by atoms with van der Waals surface area (Å²) in [5, 5.41) is 16.3. The van der Waals surface area contributed by atoms with Crippen LogP contribution in [0.2, 0.25) is 0 Å². The van der Waals surface area contributed by atoms with Gasteiger partial charge in [-0.15, -0.1) is 0 Å². The average molecular weight is 257 g/mol. The van der Waals surface area contributed by atoms with E-state index in [1.165, 1.54) is 5.56 Å². The lowest BCUT2D eigenvalue weighted by atomic mass is 10.1. The smallest absolute Gasteiger partial charge is 0.120 e. The molecule has 0 amide bonds. The van der Waals surface area contributed by atoms with Crippen LogP contribution < -0.4 is 4.74 Å². The first-order chi connectivity index (χ1) is 9.26. The van der Waals surface area contributed by atoms with E-state index in [1.807, 2.05) is 31.4 Å². The second-order valence-electron chi connectivity index (χ2n) is 4.68. The summed E-state index contributed by atoms with van der Waals surface area (Å²) < 4.78 is 7.50. The zero-order valence-electron chi connectivity index (χ0n) is 10.7. The molecule has 1 aromatic carbocycles. The van der Waals surface area contributed by atoms with Gasteiger partial charge in [0.2, 0.25) is 0 Å². The van der Waals surface area contributed by atoms with Crippen molar-refractivity contribution >= 4 is 5.71 Å². The van der Waals surface area contributed by atoms with Gasteiger partial charge >= 0.3 is 0 Å². The van der Waals surface area contributed by atoms with Crippen LogP contribution in [-0.2, 0) is 20.1 Å². The lowest BCUT2D eigenvalue weighted by Crippen LogP contribution is -1.97. The van der Waals surface area contributed by atoms with E-state index in [0.29, 0.717) is 6.61 Å². The molecule has 19 heavy (non-hydrogen) atoms. The van der Waals surface area contributed by atoms with Gasteiger partial charge in [0.05, 0.1) is 11.9 Å². The van der Waals surface area contributed by atoms with Crippen LogP contribution in [0.4, 0.5) is 0 Å². The quantitative estimate of drug-likeness (QED) is 0.677. The van der Waals surface area contributed by atoms with Gasteiger partial charge in [0.15, 0.2) is 0 Å². The highest BCUT2D eigenvalue weighted by Crippen LogP contribution is 2.27. The lowest BCUT2D eigenvalue weighted by Gasteiger charge is -2.06. The van der Waals surface area contributed by atoms with Gasteiger partial charge in [-0.05, 0) is 36.6 Å². The molecular formula is C14H15N3O2. The molecule has 0 radical (unpaired) electrons. The van der Waals surface area contributed by atoms with Crippen molar-refractivity contribution < 1.29 is 9.94 Å². The van der Waals surface area contributed by atoms with E-state index >= 15 is 0 Å². The molecule has 5 heteroatoms. The van der Waals surface area contributed by atoms with Crippen molar-refractivity contribution in [2.45, 2.75) is 19.4 Å². The standard InChI is InChI=1S/C14H15N3O2/c1-17-8-10(7-15-17)9-19-12-3-4-13-11(6-12)2-5-14(13)16-18/h3-4,6-8,18H,2,5,9H2,1H3/b16-14+. The summed E-state index contributed by atoms with van der Waals surface area (Å²) in [7, 11) is 1.88. The largest absolute Gasteiger partial charge is 0.489 e. The zero-order chi connectivity index (χ0) is 13.2. The highest BCUT2D eigenvalue weighted by Gasteiger charge is 2.18. The molecule has 0 aliphatic heterocycles. The molecule has 1 aromatic heterocycles. The number of benzene rings is 1. The zero-order valence-corrected chi connectivity index (χ0v) is 10.7. The molecule has 3 rings (SSSR count). The Bertz CT molecular complexity index is 631. The minimum absolute atomic E-state index is 0.508. The Labute approximate surface area is 111 Å². The Kier molecular flexibility index (Phi) is 2.95. The van der Waals surface area contributed by atoms with Crippen molar-refractivity contribution in [3.8, 4) is 5.75 Å². The number of oxime groups is 1. The second kappa shape index (κ2) is 4.76. The summed E-state index contributed by atoms with van der Waals surface area (Å²) in [6.07, 6.45) is 5.42. The maximum Gasteiger partial charge on any atom is 0.120 e. The van der Waals surface area contributed by atoms with Crippen LogP contribution in [0.25, 0.3) is 0 Å². The third-order valence-corrected chi connectivity index (χ3v) is 3.30. The van der Waals surface area contributed by atoms with Crippen LogP contribution >= 0.6 is 0 Å². The van der Waals surface area contributed by atoms with Gasteiger partial charge in [-0.3, -0.25) is 4.68 Å². The Balaban J connectivity index is 1.73. The third-order valence-electron chi connectivity index (χ3n) is 3.30. The van der Waals surface area contributed by atoms with Gasteiger partial charge in [0.25, 0.3) is 0 Å². The fraction of sp³-hybridized carbons (Fsp3) is 0.286. The fourth-order valence-corrected chi connectivity index (χ4v) is 2.35. The van der Waals surface area contributed by atoms with Crippen LogP contribution in [0, 0.1) is 0 Å².